The SMILES string of the molecule is Cc1cc(F)cc(NC2CCCC2C2CCCN2)c1. The van der Waals surface area contributed by atoms with Crippen molar-refractivity contribution in [3.8, 4) is 0 Å². The average Bonchev–Trinajstić information content (AvgIpc) is 2.96. The van der Waals surface area contributed by atoms with E-state index in [9.17, 15) is 4.39 Å². The van der Waals surface area contributed by atoms with Crippen molar-refractivity contribution in [2.24, 2.45) is 5.92 Å². The fourth-order valence-corrected chi connectivity index (χ4v) is 3.76. The zero-order chi connectivity index (χ0) is 13.2. The lowest BCUT2D eigenvalue weighted by Gasteiger charge is -2.27. The molecule has 1 saturated carbocycles. The second-order valence-electron chi connectivity index (χ2n) is 6.07. The highest BCUT2D eigenvalue weighted by atomic mass is 19.1. The number of hydrogen-bond acceptors (Lipinski definition) is 2. The summed E-state index contributed by atoms with van der Waals surface area (Å²) in [7, 11) is 0. The third-order valence-corrected chi connectivity index (χ3v) is 4.58. The maximum atomic E-state index is 13.4. The molecule has 2 fully saturated rings. The molecule has 3 heteroatoms. The van der Waals surface area contributed by atoms with Gasteiger partial charge in [0.1, 0.15) is 5.82 Å². The normalized spacial score (nSPS) is 30.7. The number of nitrogens with one attached hydrogen (secondary N) is 2. The molecule has 104 valence electrons. The van der Waals surface area contributed by atoms with Gasteiger partial charge in [-0.15, -0.1) is 0 Å². The number of benzene rings is 1. The van der Waals surface area contributed by atoms with Crippen LogP contribution in [-0.2, 0) is 0 Å². The number of rotatable bonds is 3. The van der Waals surface area contributed by atoms with E-state index >= 15 is 0 Å². The van der Waals surface area contributed by atoms with Crippen molar-refractivity contribution in [3.05, 3.63) is 29.6 Å². The molecule has 1 aliphatic heterocycles. The van der Waals surface area contributed by atoms with Gasteiger partial charge in [0.15, 0.2) is 0 Å². The van der Waals surface area contributed by atoms with Gasteiger partial charge in [-0.1, -0.05) is 6.42 Å². The molecule has 1 heterocycles. The summed E-state index contributed by atoms with van der Waals surface area (Å²) in [6, 6.07) is 6.40. The summed E-state index contributed by atoms with van der Waals surface area (Å²) in [6.45, 7) is 3.10. The highest BCUT2D eigenvalue weighted by Crippen LogP contribution is 2.34. The molecule has 1 aromatic rings. The molecule has 2 nitrogen and oxygen atoms in total. The van der Waals surface area contributed by atoms with Crippen molar-refractivity contribution < 1.29 is 4.39 Å². The minimum atomic E-state index is -0.143. The summed E-state index contributed by atoms with van der Waals surface area (Å²) in [4.78, 5) is 0. The van der Waals surface area contributed by atoms with E-state index in [2.05, 4.69) is 10.6 Å². The largest absolute Gasteiger partial charge is 0.382 e. The fourth-order valence-electron chi connectivity index (χ4n) is 3.76. The molecule has 3 rings (SSSR count). The first-order valence-electron chi connectivity index (χ1n) is 7.49. The van der Waals surface area contributed by atoms with Crippen LogP contribution in [0.4, 0.5) is 10.1 Å². The van der Waals surface area contributed by atoms with E-state index in [1.807, 2.05) is 13.0 Å². The lowest BCUT2D eigenvalue weighted by Crippen LogP contribution is -2.38. The maximum absolute atomic E-state index is 13.4. The van der Waals surface area contributed by atoms with Crippen molar-refractivity contribution in [3.63, 3.8) is 0 Å². The van der Waals surface area contributed by atoms with Crippen LogP contribution in [-0.4, -0.2) is 18.6 Å². The van der Waals surface area contributed by atoms with Gasteiger partial charge in [0.05, 0.1) is 0 Å². The van der Waals surface area contributed by atoms with Crippen LogP contribution < -0.4 is 10.6 Å². The van der Waals surface area contributed by atoms with Gasteiger partial charge in [-0.05, 0) is 68.8 Å². The van der Waals surface area contributed by atoms with E-state index in [1.54, 1.807) is 12.1 Å². The van der Waals surface area contributed by atoms with Gasteiger partial charge in [-0.3, -0.25) is 0 Å². The molecule has 0 bridgehead atoms. The van der Waals surface area contributed by atoms with Crippen LogP contribution in [0.3, 0.4) is 0 Å². The van der Waals surface area contributed by atoms with Crippen molar-refractivity contribution in [1.29, 1.82) is 0 Å². The monoisotopic (exact) mass is 262 g/mol. The van der Waals surface area contributed by atoms with Crippen LogP contribution in [0, 0.1) is 18.7 Å². The van der Waals surface area contributed by atoms with Gasteiger partial charge in [0, 0.05) is 17.8 Å². The molecule has 0 radical (unpaired) electrons. The lowest BCUT2D eigenvalue weighted by atomic mass is 9.93. The second kappa shape index (κ2) is 5.49. The zero-order valence-electron chi connectivity index (χ0n) is 11.6. The first kappa shape index (κ1) is 12.9. The summed E-state index contributed by atoms with van der Waals surface area (Å²) >= 11 is 0. The molecule has 1 aliphatic carbocycles. The average molecular weight is 262 g/mol. The Labute approximate surface area is 114 Å². The first-order chi connectivity index (χ1) is 9.22. The molecule has 0 amide bonds. The third kappa shape index (κ3) is 2.92. The summed E-state index contributed by atoms with van der Waals surface area (Å²) in [6.07, 6.45) is 6.38. The minimum Gasteiger partial charge on any atom is -0.382 e. The summed E-state index contributed by atoms with van der Waals surface area (Å²) in [5.41, 5.74) is 1.92. The predicted molar refractivity (Wildman–Crippen MR) is 76.9 cm³/mol. The highest BCUT2D eigenvalue weighted by Gasteiger charge is 2.34. The Morgan fingerprint density at radius 2 is 2.05 bits per heavy atom. The highest BCUT2D eigenvalue weighted by molar-refractivity contribution is 5.47. The van der Waals surface area contributed by atoms with Crippen molar-refractivity contribution >= 4 is 5.69 Å². The van der Waals surface area contributed by atoms with Crippen LogP contribution in [0.1, 0.15) is 37.7 Å². The van der Waals surface area contributed by atoms with Crippen LogP contribution in [0.2, 0.25) is 0 Å². The number of hydrogen-bond donors (Lipinski definition) is 2. The van der Waals surface area contributed by atoms with E-state index in [-0.39, 0.29) is 5.82 Å². The van der Waals surface area contributed by atoms with Gasteiger partial charge in [-0.25, -0.2) is 4.39 Å². The van der Waals surface area contributed by atoms with Gasteiger partial charge in [0.2, 0.25) is 0 Å². The molecule has 3 unspecified atom stereocenters. The quantitative estimate of drug-likeness (QED) is 0.871. The fraction of sp³-hybridized carbons (Fsp3) is 0.625. The van der Waals surface area contributed by atoms with Gasteiger partial charge in [0.25, 0.3) is 0 Å². The molecule has 0 aromatic heterocycles. The van der Waals surface area contributed by atoms with Crippen LogP contribution in [0.25, 0.3) is 0 Å². The third-order valence-electron chi connectivity index (χ3n) is 4.58. The summed E-state index contributed by atoms with van der Waals surface area (Å²) in [5.74, 6) is 0.558. The number of aryl methyl sites for hydroxylation is 1. The standard InChI is InChI=1S/C16H23FN2/c1-11-8-12(17)10-13(9-11)19-16-5-2-4-14(16)15-6-3-7-18-15/h8-10,14-16,18-19H,2-7H2,1H3. The molecule has 2 N–H and O–H groups in total. The van der Waals surface area contributed by atoms with Gasteiger partial charge in [-0.2, -0.15) is 0 Å². The van der Waals surface area contributed by atoms with E-state index in [0.717, 1.165) is 17.8 Å². The number of anilines is 1. The van der Waals surface area contributed by atoms with Crippen molar-refractivity contribution in [2.75, 3.05) is 11.9 Å². The van der Waals surface area contributed by atoms with E-state index < -0.39 is 0 Å². The molecule has 1 aromatic carbocycles. The first-order valence-corrected chi connectivity index (χ1v) is 7.49. The molecule has 2 aliphatic rings. The Hall–Kier alpha value is -1.09. The predicted octanol–water partition coefficient (Wildman–Crippen LogP) is 3.47. The molecule has 0 spiro atoms. The van der Waals surface area contributed by atoms with Crippen LogP contribution in [0.15, 0.2) is 18.2 Å². The van der Waals surface area contributed by atoms with E-state index in [4.69, 9.17) is 0 Å². The molecule has 3 atom stereocenters. The van der Waals surface area contributed by atoms with Gasteiger partial charge < -0.3 is 10.6 Å². The minimum absolute atomic E-state index is 0.143. The van der Waals surface area contributed by atoms with Crippen molar-refractivity contribution in [2.45, 2.75) is 51.1 Å². The molecular formula is C16H23FN2. The number of halogens is 1. The molecular weight excluding hydrogens is 239 g/mol. The Morgan fingerprint density at radius 3 is 2.79 bits per heavy atom. The summed E-state index contributed by atoms with van der Waals surface area (Å²) in [5, 5.41) is 7.19. The van der Waals surface area contributed by atoms with E-state index in [0.29, 0.717) is 18.0 Å². The molecule has 1 saturated heterocycles. The second-order valence-corrected chi connectivity index (χ2v) is 6.07. The van der Waals surface area contributed by atoms with Crippen LogP contribution >= 0.6 is 0 Å². The topological polar surface area (TPSA) is 24.1 Å². The zero-order valence-corrected chi connectivity index (χ0v) is 11.6. The smallest absolute Gasteiger partial charge is 0.125 e. The van der Waals surface area contributed by atoms with Crippen LogP contribution in [0.5, 0.6) is 0 Å². The Bertz CT molecular complexity index is 420. The van der Waals surface area contributed by atoms with Crippen molar-refractivity contribution in [1.82, 2.24) is 5.32 Å². The molecule has 19 heavy (non-hydrogen) atoms. The van der Waals surface area contributed by atoms with E-state index in [1.165, 1.54) is 32.1 Å². The van der Waals surface area contributed by atoms with Gasteiger partial charge >= 0.3 is 0 Å². The lowest BCUT2D eigenvalue weighted by molar-refractivity contribution is 0.376. The Balaban J connectivity index is 1.70. The Morgan fingerprint density at radius 1 is 1.16 bits per heavy atom. The Kier molecular flexibility index (Phi) is 3.74. The maximum Gasteiger partial charge on any atom is 0.125 e. The summed E-state index contributed by atoms with van der Waals surface area (Å²) < 4.78 is 13.4.